The Hall–Kier alpha value is -1.56. The largest absolute Gasteiger partial charge is 0.444 e. The zero-order valence-corrected chi connectivity index (χ0v) is 23.6. The number of hydrogen-bond donors (Lipinski definition) is 2. The van der Waals surface area contributed by atoms with Crippen LogP contribution < -0.4 is 10.6 Å². The van der Waals surface area contributed by atoms with Gasteiger partial charge in [0.2, 0.25) is 0 Å². The Balaban J connectivity index is 0.00000544. The number of rotatable bonds is 9. The van der Waals surface area contributed by atoms with E-state index in [0.717, 1.165) is 83.4 Å². The van der Waals surface area contributed by atoms with Crippen molar-refractivity contribution in [2.45, 2.75) is 66.5 Å². The number of amides is 1. The first-order valence-electron chi connectivity index (χ1n) is 11.9. The molecule has 0 aromatic carbocycles. The van der Waals surface area contributed by atoms with E-state index in [-0.39, 0.29) is 30.1 Å². The summed E-state index contributed by atoms with van der Waals surface area (Å²) in [5.74, 6) is 0.871. The molecule has 10 heteroatoms. The van der Waals surface area contributed by atoms with Crippen LogP contribution in [0.4, 0.5) is 4.79 Å². The molecule has 0 spiro atoms. The minimum Gasteiger partial charge on any atom is -0.444 e. The number of aromatic nitrogens is 2. The molecule has 2 N–H and O–H groups in total. The highest BCUT2D eigenvalue weighted by Gasteiger charge is 2.25. The Bertz CT molecular complexity index is 738. The Labute approximate surface area is 216 Å². The predicted molar refractivity (Wildman–Crippen MR) is 145 cm³/mol. The first-order valence-corrected chi connectivity index (χ1v) is 11.9. The number of ether oxygens (including phenoxy) is 1. The third kappa shape index (κ3) is 11.4. The molecular weight excluding hydrogens is 533 g/mol. The van der Waals surface area contributed by atoms with Crippen LogP contribution in [0.15, 0.2) is 11.1 Å². The number of hydrogen-bond acceptors (Lipinski definition) is 5. The van der Waals surface area contributed by atoms with Gasteiger partial charge >= 0.3 is 6.09 Å². The van der Waals surface area contributed by atoms with Crippen molar-refractivity contribution in [2.75, 3.05) is 52.4 Å². The Kier molecular flexibility index (Phi) is 13.1. The van der Waals surface area contributed by atoms with E-state index in [0.29, 0.717) is 0 Å². The van der Waals surface area contributed by atoms with Gasteiger partial charge in [0.15, 0.2) is 5.96 Å². The zero-order chi connectivity index (χ0) is 23.6. The van der Waals surface area contributed by atoms with Crippen molar-refractivity contribution in [3.05, 3.63) is 17.5 Å². The maximum Gasteiger partial charge on any atom is 0.410 e. The lowest BCUT2D eigenvalue weighted by Crippen LogP contribution is -2.50. The van der Waals surface area contributed by atoms with Crippen molar-refractivity contribution < 1.29 is 9.53 Å². The maximum atomic E-state index is 12.2. The van der Waals surface area contributed by atoms with Gasteiger partial charge in [-0.25, -0.2) is 4.79 Å². The van der Waals surface area contributed by atoms with Gasteiger partial charge in [0.25, 0.3) is 0 Å². The number of aryl methyl sites for hydroxylation is 3. The molecule has 0 atom stereocenters. The highest BCUT2D eigenvalue weighted by Crippen LogP contribution is 2.12. The molecule has 0 bridgehead atoms. The summed E-state index contributed by atoms with van der Waals surface area (Å²) in [6, 6.07) is 2.10. The summed E-state index contributed by atoms with van der Waals surface area (Å²) >= 11 is 0. The highest BCUT2D eigenvalue weighted by molar-refractivity contribution is 14.0. The van der Waals surface area contributed by atoms with E-state index >= 15 is 0 Å². The Morgan fingerprint density at radius 3 is 2.39 bits per heavy atom. The number of carbonyl (C=O) groups is 1. The third-order valence-electron chi connectivity index (χ3n) is 5.21. The monoisotopic (exact) mass is 577 g/mol. The lowest BCUT2D eigenvalue weighted by atomic mass is 10.2. The fraction of sp³-hybridized carbons (Fsp3) is 0.783. The van der Waals surface area contributed by atoms with E-state index in [1.165, 1.54) is 5.69 Å². The summed E-state index contributed by atoms with van der Waals surface area (Å²) in [6.45, 7) is 19.5. The predicted octanol–water partition coefficient (Wildman–Crippen LogP) is 3.01. The molecule has 1 aliphatic rings. The van der Waals surface area contributed by atoms with Crippen molar-refractivity contribution >= 4 is 36.0 Å². The van der Waals surface area contributed by atoms with Gasteiger partial charge in [-0.3, -0.25) is 14.6 Å². The average Bonchev–Trinajstić information content (AvgIpc) is 3.04. The molecule has 0 aliphatic carbocycles. The molecule has 1 aromatic heterocycles. The Morgan fingerprint density at radius 1 is 1.12 bits per heavy atom. The van der Waals surface area contributed by atoms with Crippen molar-refractivity contribution in [3.8, 4) is 0 Å². The summed E-state index contributed by atoms with van der Waals surface area (Å²) in [5.41, 5.74) is 1.82. The van der Waals surface area contributed by atoms with Gasteiger partial charge < -0.3 is 20.3 Å². The smallest absolute Gasteiger partial charge is 0.410 e. The van der Waals surface area contributed by atoms with E-state index in [4.69, 9.17) is 4.74 Å². The summed E-state index contributed by atoms with van der Waals surface area (Å²) in [5, 5.41) is 11.3. The fourth-order valence-corrected chi connectivity index (χ4v) is 3.64. The highest BCUT2D eigenvalue weighted by atomic mass is 127. The molecule has 190 valence electrons. The molecule has 1 aromatic rings. The van der Waals surface area contributed by atoms with Crippen LogP contribution in [0.5, 0.6) is 0 Å². The standard InChI is InChI=1S/C23H43N7O2.HI/c1-7-24-21(26-11-9-13-30-20(3)18-19(2)27-30)25-10-8-12-28-14-16-29(17-15-28)22(31)32-23(4,5)6;/h18H,7-17H2,1-6H3,(H2,24,25,26);1H. The normalized spacial score (nSPS) is 15.2. The molecule has 2 rings (SSSR count). The number of nitrogens with one attached hydrogen (secondary N) is 2. The van der Waals surface area contributed by atoms with Crippen LogP contribution in [0.1, 0.15) is 51.9 Å². The second-order valence-corrected chi connectivity index (χ2v) is 9.35. The molecule has 1 amide bonds. The molecule has 0 saturated carbocycles. The van der Waals surface area contributed by atoms with Crippen LogP contribution in [-0.2, 0) is 11.3 Å². The quantitative estimate of drug-likeness (QED) is 0.203. The number of piperazine rings is 1. The molecule has 2 heterocycles. The van der Waals surface area contributed by atoms with E-state index in [9.17, 15) is 4.79 Å². The molecular formula is C23H44IN7O2. The topological polar surface area (TPSA) is 87.0 Å². The first kappa shape index (κ1) is 29.5. The summed E-state index contributed by atoms with van der Waals surface area (Å²) < 4.78 is 7.52. The lowest BCUT2D eigenvalue weighted by molar-refractivity contribution is 0.0145. The second-order valence-electron chi connectivity index (χ2n) is 9.35. The van der Waals surface area contributed by atoms with Gasteiger partial charge in [-0.05, 0) is 67.0 Å². The molecule has 1 aliphatic heterocycles. The van der Waals surface area contributed by atoms with E-state index < -0.39 is 5.60 Å². The molecule has 1 saturated heterocycles. The summed E-state index contributed by atoms with van der Waals surface area (Å²) in [4.78, 5) is 21.1. The molecule has 1 fully saturated rings. The average molecular weight is 578 g/mol. The van der Waals surface area contributed by atoms with Crippen molar-refractivity contribution in [1.29, 1.82) is 0 Å². The van der Waals surface area contributed by atoms with Gasteiger partial charge in [0.05, 0.1) is 5.69 Å². The van der Waals surface area contributed by atoms with E-state index in [1.54, 1.807) is 0 Å². The molecule has 0 unspecified atom stereocenters. The van der Waals surface area contributed by atoms with Gasteiger partial charge in [-0.15, -0.1) is 24.0 Å². The molecule has 0 radical (unpaired) electrons. The third-order valence-corrected chi connectivity index (χ3v) is 5.21. The van der Waals surface area contributed by atoms with Gasteiger partial charge in [0, 0.05) is 58.1 Å². The lowest BCUT2D eigenvalue weighted by Gasteiger charge is -2.35. The van der Waals surface area contributed by atoms with Crippen molar-refractivity contribution in [1.82, 2.24) is 30.2 Å². The van der Waals surface area contributed by atoms with Crippen molar-refractivity contribution in [3.63, 3.8) is 0 Å². The van der Waals surface area contributed by atoms with Crippen LogP contribution in [0.2, 0.25) is 0 Å². The van der Waals surface area contributed by atoms with Crippen molar-refractivity contribution in [2.24, 2.45) is 4.99 Å². The number of halogens is 1. The summed E-state index contributed by atoms with van der Waals surface area (Å²) in [7, 11) is 0. The Morgan fingerprint density at radius 2 is 1.82 bits per heavy atom. The SMILES string of the molecule is CCNC(=NCCCn1nc(C)cc1C)NCCCN1CCN(C(=O)OC(C)(C)C)CC1.I. The fourth-order valence-electron chi connectivity index (χ4n) is 3.64. The second kappa shape index (κ2) is 14.6. The summed E-state index contributed by atoms with van der Waals surface area (Å²) in [6.07, 6.45) is 1.78. The van der Waals surface area contributed by atoms with E-state index in [2.05, 4.69) is 45.5 Å². The maximum absolute atomic E-state index is 12.2. The first-order chi connectivity index (χ1) is 15.2. The van der Waals surface area contributed by atoms with Gasteiger partial charge in [0.1, 0.15) is 5.60 Å². The van der Waals surface area contributed by atoms with Crippen LogP contribution in [-0.4, -0.2) is 89.6 Å². The molecule has 33 heavy (non-hydrogen) atoms. The minimum absolute atomic E-state index is 0. The minimum atomic E-state index is -0.442. The van der Waals surface area contributed by atoms with Crippen LogP contribution in [0, 0.1) is 13.8 Å². The van der Waals surface area contributed by atoms with E-state index in [1.807, 2.05) is 37.3 Å². The number of guanidine groups is 1. The number of aliphatic imine (C=N–C) groups is 1. The van der Waals surface area contributed by atoms with Crippen LogP contribution in [0.3, 0.4) is 0 Å². The zero-order valence-electron chi connectivity index (χ0n) is 21.3. The van der Waals surface area contributed by atoms with Crippen LogP contribution in [0.25, 0.3) is 0 Å². The van der Waals surface area contributed by atoms with Gasteiger partial charge in [-0.2, -0.15) is 5.10 Å². The number of nitrogens with zero attached hydrogens (tertiary/aromatic N) is 5. The van der Waals surface area contributed by atoms with Crippen LogP contribution >= 0.6 is 24.0 Å². The number of carbonyl (C=O) groups excluding carboxylic acids is 1. The van der Waals surface area contributed by atoms with Gasteiger partial charge in [-0.1, -0.05) is 0 Å². The molecule has 9 nitrogen and oxygen atoms in total.